The van der Waals surface area contributed by atoms with Crippen molar-refractivity contribution in [2.45, 2.75) is 32.7 Å². The van der Waals surface area contributed by atoms with Crippen molar-refractivity contribution in [3.63, 3.8) is 0 Å². The topological polar surface area (TPSA) is 12.0 Å². The van der Waals surface area contributed by atoms with Crippen molar-refractivity contribution in [2.24, 2.45) is 0 Å². The Morgan fingerprint density at radius 2 is 1.70 bits per heavy atom. The minimum absolute atomic E-state index is 0.151. The van der Waals surface area contributed by atoms with Crippen LogP contribution in [0.2, 0.25) is 5.02 Å². The van der Waals surface area contributed by atoms with Gasteiger partial charge >= 0.3 is 0 Å². The van der Waals surface area contributed by atoms with E-state index < -0.39 is 0 Å². The molecule has 106 valence electrons. The first-order chi connectivity index (χ1) is 9.36. The zero-order valence-corrected chi connectivity index (χ0v) is 12.8. The molecule has 2 rings (SSSR count). The molecule has 0 unspecified atom stereocenters. The Hall–Kier alpha value is -1.54. The molecule has 2 aromatic carbocycles. The molecule has 1 nitrogen and oxygen atoms in total. The zero-order valence-electron chi connectivity index (χ0n) is 12.0. The van der Waals surface area contributed by atoms with E-state index in [1.165, 1.54) is 17.7 Å². The zero-order chi connectivity index (χ0) is 14.8. The lowest BCUT2D eigenvalue weighted by Gasteiger charge is -2.19. The summed E-state index contributed by atoms with van der Waals surface area (Å²) in [6.45, 7) is 7.18. The Kier molecular flexibility index (Phi) is 4.34. The highest BCUT2D eigenvalue weighted by atomic mass is 35.5. The molecule has 0 amide bonds. The molecule has 0 saturated heterocycles. The summed E-state index contributed by atoms with van der Waals surface area (Å²) in [7, 11) is 0. The number of hydrogen-bond donors (Lipinski definition) is 1. The average Bonchev–Trinajstić information content (AvgIpc) is 2.39. The van der Waals surface area contributed by atoms with Gasteiger partial charge in [-0.15, -0.1) is 0 Å². The maximum Gasteiger partial charge on any atom is 0.125 e. The molecule has 0 aliphatic rings. The van der Waals surface area contributed by atoms with Crippen LogP contribution in [0, 0.1) is 5.82 Å². The van der Waals surface area contributed by atoms with Crippen LogP contribution in [0.15, 0.2) is 42.5 Å². The third kappa shape index (κ3) is 3.73. The Bertz CT molecular complexity index is 585. The number of hydrogen-bond acceptors (Lipinski definition) is 1. The van der Waals surface area contributed by atoms with Crippen molar-refractivity contribution in [3.05, 3.63) is 64.4 Å². The fourth-order valence-corrected chi connectivity index (χ4v) is 2.14. The van der Waals surface area contributed by atoms with Gasteiger partial charge in [-0.1, -0.05) is 56.6 Å². The van der Waals surface area contributed by atoms with Gasteiger partial charge in [0.2, 0.25) is 0 Å². The number of benzene rings is 2. The van der Waals surface area contributed by atoms with Crippen molar-refractivity contribution in [2.75, 3.05) is 5.32 Å². The van der Waals surface area contributed by atoms with Crippen LogP contribution in [-0.4, -0.2) is 0 Å². The molecule has 0 bridgehead atoms. The Morgan fingerprint density at radius 3 is 2.30 bits per heavy atom. The van der Waals surface area contributed by atoms with Crippen LogP contribution in [-0.2, 0) is 12.0 Å². The fraction of sp³-hybridized carbons (Fsp3) is 0.294. The number of rotatable bonds is 3. The summed E-state index contributed by atoms with van der Waals surface area (Å²) in [5, 5.41) is 3.68. The Balaban J connectivity index is 2.06. The third-order valence-electron chi connectivity index (χ3n) is 3.23. The summed E-state index contributed by atoms with van der Waals surface area (Å²) in [5.41, 5.74) is 3.20. The van der Waals surface area contributed by atoms with Gasteiger partial charge in [0.15, 0.2) is 0 Å². The lowest BCUT2D eigenvalue weighted by molar-refractivity contribution is 0.590. The van der Waals surface area contributed by atoms with Crippen LogP contribution >= 0.6 is 11.6 Å². The molecule has 0 spiro atoms. The van der Waals surface area contributed by atoms with Gasteiger partial charge in [-0.3, -0.25) is 0 Å². The van der Waals surface area contributed by atoms with Crippen molar-refractivity contribution >= 4 is 17.3 Å². The van der Waals surface area contributed by atoms with Gasteiger partial charge in [0, 0.05) is 6.54 Å². The second-order valence-corrected chi connectivity index (χ2v) is 6.33. The summed E-state index contributed by atoms with van der Waals surface area (Å²) in [6.07, 6.45) is 0. The highest BCUT2D eigenvalue weighted by molar-refractivity contribution is 6.33. The Labute approximate surface area is 124 Å². The van der Waals surface area contributed by atoms with E-state index in [0.29, 0.717) is 17.3 Å². The molecule has 0 saturated carbocycles. The summed E-state index contributed by atoms with van der Waals surface area (Å²) >= 11 is 6.02. The highest BCUT2D eigenvalue weighted by Crippen LogP contribution is 2.24. The van der Waals surface area contributed by atoms with E-state index in [-0.39, 0.29) is 11.2 Å². The van der Waals surface area contributed by atoms with Gasteiger partial charge in [-0.25, -0.2) is 4.39 Å². The average molecular weight is 292 g/mol. The summed E-state index contributed by atoms with van der Waals surface area (Å²) in [4.78, 5) is 0. The van der Waals surface area contributed by atoms with E-state index in [9.17, 15) is 4.39 Å². The molecule has 0 radical (unpaired) electrons. The number of anilines is 1. The predicted molar refractivity (Wildman–Crippen MR) is 83.9 cm³/mol. The smallest absolute Gasteiger partial charge is 0.125 e. The SMILES string of the molecule is CC(C)(C)c1ccc(CNc2cc(F)ccc2Cl)cc1. The minimum atomic E-state index is -0.292. The molecule has 0 fully saturated rings. The summed E-state index contributed by atoms with van der Waals surface area (Å²) in [6, 6.07) is 12.7. The van der Waals surface area contributed by atoms with Crippen LogP contribution in [0.1, 0.15) is 31.9 Å². The van der Waals surface area contributed by atoms with Crippen LogP contribution < -0.4 is 5.32 Å². The first kappa shape index (κ1) is 14.9. The van der Waals surface area contributed by atoms with E-state index in [1.807, 2.05) is 0 Å². The Morgan fingerprint density at radius 1 is 1.05 bits per heavy atom. The third-order valence-corrected chi connectivity index (χ3v) is 3.56. The summed E-state index contributed by atoms with van der Waals surface area (Å²) in [5.74, 6) is -0.292. The maximum absolute atomic E-state index is 13.2. The van der Waals surface area contributed by atoms with E-state index in [4.69, 9.17) is 11.6 Å². The van der Waals surface area contributed by atoms with Gasteiger partial charge in [-0.2, -0.15) is 0 Å². The lowest BCUT2D eigenvalue weighted by Crippen LogP contribution is -2.11. The molecule has 2 aromatic rings. The number of halogens is 2. The van der Waals surface area contributed by atoms with Gasteiger partial charge in [-0.05, 0) is 34.7 Å². The molecule has 0 heterocycles. The van der Waals surface area contributed by atoms with E-state index >= 15 is 0 Å². The van der Waals surface area contributed by atoms with Gasteiger partial charge < -0.3 is 5.32 Å². The van der Waals surface area contributed by atoms with Crippen LogP contribution in [0.5, 0.6) is 0 Å². The molecule has 3 heteroatoms. The van der Waals surface area contributed by atoms with Crippen molar-refractivity contribution in [3.8, 4) is 0 Å². The molecular formula is C17H19ClFN. The van der Waals surface area contributed by atoms with Gasteiger partial charge in [0.25, 0.3) is 0 Å². The first-order valence-corrected chi connectivity index (χ1v) is 7.02. The molecule has 20 heavy (non-hydrogen) atoms. The second kappa shape index (κ2) is 5.84. The van der Waals surface area contributed by atoms with Crippen LogP contribution in [0.25, 0.3) is 0 Å². The molecule has 0 atom stereocenters. The number of nitrogens with one attached hydrogen (secondary N) is 1. The molecule has 0 aromatic heterocycles. The van der Waals surface area contributed by atoms with Crippen LogP contribution in [0.4, 0.5) is 10.1 Å². The molecule has 0 aliphatic heterocycles. The monoisotopic (exact) mass is 291 g/mol. The maximum atomic E-state index is 13.2. The van der Waals surface area contributed by atoms with Gasteiger partial charge in [0.05, 0.1) is 10.7 Å². The highest BCUT2D eigenvalue weighted by Gasteiger charge is 2.12. The van der Waals surface area contributed by atoms with Crippen LogP contribution in [0.3, 0.4) is 0 Å². The quantitative estimate of drug-likeness (QED) is 0.799. The van der Waals surface area contributed by atoms with Gasteiger partial charge in [0.1, 0.15) is 5.82 Å². The van der Waals surface area contributed by atoms with Crippen molar-refractivity contribution in [1.29, 1.82) is 0 Å². The van der Waals surface area contributed by atoms with E-state index in [1.54, 1.807) is 6.07 Å². The summed E-state index contributed by atoms with van der Waals surface area (Å²) < 4.78 is 13.2. The largest absolute Gasteiger partial charge is 0.380 e. The molecule has 0 aliphatic carbocycles. The van der Waals surface area contributed by atoms with Crippen molar-refractivity contribution in [1.82, 2.24) is 0 Å². The predicted octanol–water partition coefficient (Wildman–Crippen LogP) is 5.39. The van der Waals surface area contributed by atoms with Crippen molar-refractivity contribution < 1.29 is 4.39 Å². The van der Waals surface area contributed by atoms with E-state index in [0.717, 1.165) is 5.56 Å². The van der Waals surface area contributed by atoms with E-state index in [2.05, 4.69) is 50.4 Å². The fourth-order valence-electron chi connectivity index (χ4n) is 1.95. The lowest BCUT2D eigenvalue weighted by atomic mass is 9.87. The second-order valence-electron chi connectivity index (χ2n) is 5.92. The first-order valence-electron chi connectivity index (χ1n) is 6.64. The minimum Gasteiger partial charge on any atom is -0.380 e. The molecule has 1 N–H and O–H groups in total. The molecular weight excluding hydrogens is 273 g/mol. The standard InChI is InChI=1S/C17H19ClFN/c1-17(2,3)13-6-4-12(5-7-13)11-20-16-10-14(19)8-9-15(16)18/h4-10,20H,11H2,1-3H3. The normalized spacial score (nSPS) is 11.4.